The Hall–Kier alpha value is -1.86. The summed E-state index contributed by atoms with van der Waals surface area (Å²) in [5.41, 5.74) is 0.755. The molecule has 0 aliphatic heterocycles. The van der Waals surface area contributed by atoms with Crippen molar-refractivity contribution >= 4 is 22.4 Å². The zero-order valence-corrected chi connectivity index (χ0v) is 10.7. The molecule has 0 fully saturated rings. The molecule has 6 nitrogen and oxygen atoms in total. The van der Waals surface area contributed by atoms with Crippen molar-refractivity contribution in [1.29, 1.82) is 0 Å². The predicted molar refractivity (Wildman–Crippen MR) is 70.3 cm³/mol. The van der Waals surface area contributed by atoms with Crippen molar-refractivity contribution < 1.29 is 4.79 Å². The third-order valence-electron chi connectivity index (χ3n) is 2.16. The average Bonchev–Trinajstić information content (AvgIpc) is 2.86. The highest BCUT2D eigenvalue weighted by Crippen LogP contribution is 2.24. The summed E-state index contributed by atoms with van der Waals surface area (Å²) in [7, 11) is 1.80. The number of aromatic nitrogens is 3. The summed E-state index contributed by atoms with van der Waals surface area (Å²) in [6.07, 6.45) is 2.11. The minimum atomic E-state index is -0.0759. The number of amides is 1. The molecule has 0 spiro atoms. The van der Waals surface area contributed by atoms with Crippen LogP contribution in [0.1, 0.15) is 6.42 Å². The van der Waals surface area contributed by atoms with Crippen LogP contribution < -0.4 is 10.6 Å². The Kier molecular flexibility index (Phi) is 4.32. The lowest BCUT2D eigenvalue weighted by Crippen LogP contribution is -2.18. The molecular formula is C11H13N5OS. The van der Waals surface area contributed by atoms with Crippen molar-refractivity contribution in [3.63, 3.8) is 0 Å². The molecule has 2 aromatic rings. The van der Waals surface area contributed by atoms with Gasteiger partial charge in [-0.05, 0) is 19.2 Å². The van der Waals surface area contributed by atoms with Gasteiger partial charge in [0.2, 0.25) is 11.0 Å². The van der Waals surface area contributed by atoms with E-state index in [1.165, 1.54) is 11.3 Å². The van der Waals surface area contributed by atoms with Crippen molar-refractivity contribution in [3.05, 3.63) is 24.4 Å². The third-order valence-corrected chi connectivity index (χ3v) is 3.02. The zero-order valence-electron chi connectivity index (χ0n) is 9.88. The summed E-state index contributed by atoms with van der Waals surface area (Å²) in [6.45, 7) is 0.637. The van der Waals surface area contributed by atoms with Gasteiger partial charge >= 0.3 is 0 Å². The van der Waals surface area contributed by atoms with Crippen LogP contribution in [0.15, 0.2) is 24.4 Å². The van der Waals surface area contributed by atoms with Crippen LogP contribution >= 0.6 is 11.3 Å². The zero-order chi connectivity index (χ0) is 12.8. The third kappa shape index (κ3) is 3.31. The van der Waals surface area contributed by atoms with Crippen LogP contribution in [0.2, 0.25) is 0 Å². The number of hydrogen-bond donors (Lipinski definition) is 2. The second kappa shape index (κ2) is 6.18. The number of nitrogens with one attached hydrogen (secondary N) is 2. The predicted octanol–water partition coefficient (Wildman–Crippen LogP) is 1.15. The Labute approximate surface area is 108 Å². The van der Waals surface area contributed by atoms with Gasteiger partial charge in [-0.2, -0.15) is 0 Å². The maximum Gasteiger partial charge on any atom is 0.227 e. The lowest BCUT2D eigenvalue weighted by Gasteiger charge is -1.99. The fourth-order valence-corrected chi connectivity index (χ4v) is 2.02. The van der Waals surface area contributed by atoms with Gasteiger partial charge in [0.25, 0.3) is 0 Å². The Morgan fingerprint density at radius 3 is 3.00 bits per heavy atom. The van der Waals surface area contributed by atoms with E-state index in [2.05, 4.69) is 25.8 Å². The van der Waals surface area contributed by atoms with Gasteiger partial charge in [0, 0.05) is 19.2 Å². The molecule has 0 radical (unpaired) electrons. The second-order valence-corrected chi connectivity index (χ2v) is 4.51. The quantitative estimate of drug-likeness (QED) is 0.846. The molecule has 0 unspecified atom stereocenters. The van der Waals surface area contributed by atoms with Gasteiger partial charge in [-0.3, -0.25) is 9.78 Å². The molecule has 0 aliphatic carbocycles. The summed E-state index contributed by atoms with van der Waals surface area (Å²) >= 11 is 1.31. The van der Waals surface area contributed by atoms with Gasteiger partial charge in [0.1, 0.15) is 5.69 Å². The second-order valence-electron chi connectivity index (χ2n) is 3.53. The van der Waals surface area contributed by atoms with E-state index in [9.17, 15) is 4.79 Å². The van der Waals surface area contributed by atoms with E-state index in [4.69, 9.17) is 0 Å². The minimum Gasteiger partial charge on any atom is -0.319 e. The van der Waals surface area contributed by atoms with E-state index in [1.54, 1.807) is 13.2 Å². The molecule has 7 heteroatoms. The fourth-order valence-electron chi connectivity index (χ4n) is 1.29. The highest BCUT2D eigenvalue weighted by Gasteiger charge is 2.09. The highest BCUT2D eigenvalue weighted by molar-refractivity contribution is 7.18. The van der Waals surface area contributed by atoms with Crippen LogP contribution in [0.5, 0.6) is 0 Å². The average molecular weight is 263 g/mol. The van der Waals surface area contributed by atoms with Crippen LogP contribution in [-0.2, 0) is 4.79 Å². The number of carbonyl (C=O) groups is 1. The molecule has 0 saturated carbocycles. The molecule has 1 amide bonds. The number of nitrogens with zero attached hydrogens (tertiary/aromatic N) is 3. The van der Waals surface area contributed by atoms with E-state index in [0.717, 1.165) is 5.69 Å². The SMILES string of the molecule is CNCCC(=O)Nc1nnc(-c2ccccn2)s1. The van der Waals surface area contributed by atoms with Crippen LogP contribution in [0.25, 0.3) is 10.7 Å². The standard InChI is InChI=1S/C11H13N5OS/c1-12-7-5-9(17)14-11-16-15-10(18-11)8-4-2-3-6-13-8/h2-4,6,12H,5,7H2,1H3,(H,14,16,17). The van der Waals surface area contributed by atoms with Crippen molar-refractivity contribution in [2.24, 2.45) is 0 Å². The Morgan fingerprint density at radius 2 is 2.28 bits per heavy atom. The molecule has 0 aliphatic rings. The maximum atomic E-state index is 11.5. The summed E-state index contributed by atoms with van der Waals surface area (Å²) < 4.78 is 0. The largest absolute Gasteiger partial charge is 0.319 e. The van der Waals surface area contributed by atoms with Crippen LogP contribution in [0.3, 0.4) is 0 Å². The maximum absolute atomic E-state index is 11.5. The highest BCUT2D eigenvalue weighted by atomic mass is 32.1. The van der Waals surface area contributed by atoms with E-state index in [1.807, 2.05) is 18.2 Å². The van der Waals surface area contributed by atoms with E-state index in [0.29, 0.717) is 23.1 Å². The fraction of sp³-hybridized carbons (Fsp3) is 0.273. The van der Waals surface area contributed by atoms with Crippen molar-refractivity contribution in [2.45, 2.75) is 6.42 Å². The first-order valence-electron chi connectivity index (χ1n) is 5.49. The topological polar surface area (TPSA) is 79.8 Å². The van der Waals surface area contributed by atoms with Crippen LogP contribution in [0, 0.1) is 0 Å². The first-order chi connectivity index (χ1) is 8.79. The molecule has 18 heavy (non-hydrogen) atoms. The molecule has 2 rings (SSSR count). The van der Waals surface area contributed by atoms with E-state index < -0.39 is 0 Å². The van der Waals surface area contributed by atoms with Gasteiger partial charge in [-0.15, -0.1) is 10.2 Å². The molecule has 94 valence electrons. The Balaban J connectivity index is 2.00. The molecule has 2 heterocycles. The van der Waals surface area contributed by atoms with Gasteiger partial charge in [-0.1, -0.05) is 17.4 Å². The molecule has 0 atom stereocenters. The number of anilines is 1. The molecule has 2 N–H and O–H groups in total. The van der Waals surface area contributed by atoms with Crippen molar-refractivity contribution in [3.8, 4) is 10.7 Å². The summed E-state index contributed by atoms with van der Waals surface area (Å²) in [5, 5.41) is 14.7. The van der Waals surface area contributed by atoms with Gasteiger partial charge in [0.15, 0.2) is 5.01 Å². The van der Waals surface area contributed by atoms with Crippen LogP contribution in [-0.4, -0.2) is 34.7 Å². The number of rotatable bonds is 5. The van der Waals surface area contributed by atoms with E-state index >= 15 is 0 Å². The lowest BCUT2D eigenvalue weighted by atomic mass is 10.4. The lowest BCUT2D eigenvalue weighted by molar-refractivity contribution is -0.116. The van der Waals surface area contributed by atoms with Crippen molar-refractivity contribution in [1.82, 2.24) is 20.5 Å². The normalized spacial score (nSPS) is 10.3. The summed E-state index contributed by atoms with van der Waals surface area (Å²) in [6, 6.07) is 5.58. The monoisotopic (exact) mass is 263 g/mol. The number of pyridine rings is 1. The number of hydrogen-bond acceptors (Lipinski definition) is 6. The van der Waals surface area contributed by atoms with Crippen molar-refractivity contribution in [2.75, 3.05) is 18.9 Å². The molecule has 0 aromatic carbocycles. The van der Waals surface area contributed by atoms with Gasteiger partial charge in [-0.25, -0.2) is 0 Å². The Morgan fingerprint density at radius 1 is 1.39 bits per heavy atom. The molecule has 0 saturated heterocycles. The van der Waals surface area contributed by atoms with Gasteiger partial charge < -0.3 is 10.6 Å². The molecular weight excluding hydrogens is 250 g/mol. The molecule has 2 aromatic heterocycles. The minimum absolute atomic E-state index is 0.0759. The van der Waals surface area contributed by atoms with Crippen LogP contribution in [0.4, 0.5) is 5.13 Å². The summed E-state index contributed by atoms with van der Waals surface area (Å²) in [4.78, 5) is 15.7. The first kappa shape index (κ1) is 12.6. The number of carbonyl (C=O) groups excluding carboxylic acids is 1. The van der Waals surface area contributed by atoms with E-state index in [-0.39, 0.29) is 5.91 Å². The summed E-state index contributed by atoms with van der Waals surface area (Å²) in [5.74, 6) is -0.0759. The Bertz CT molecular complexity index is 513. The first-order valence-corrected chi connectivity index (χ1v) is 6.30. The van der Waals surface area contributed by atoms with Gasteiger partial charge in [0.05, 0.1) is 0 Å². The smallest absolute Gasteiger partial charge is 0.227 e. The molecule has 0 bridgehead atoms.